The highest BCUT2D eigenvalue weighted by molar-refractivity contribution is 9.10. The van der Waals surface area contributed by atoms with Gasteiger partial charge in [0.05, 0.1) is 20.0 Å². The molecule has 1 amide bonds. The van der Waals surface area contributed by atoms with Gasteiger partial charge in [-0.05, 0) is 31.0 Å². The summed E-state index contributed by atoms with van der Waals surface area (Å²) in [5.74, 6) is 2.64. The summed E-state index contributed by atoms with van der Waals surface area (Å²) in [5, 5.41) is 2.96. The first-order chi connectivity index (χ1) is 10.0. The third-order valence-corrected chi connectivity index (χ3v) is 4.78. The normalized spacial score (nSPS) is 11.9. The summed E-state index contributed by atoms with van der Waals surface area (Å²) < 4.78 is 11.5. The predicted octanol–water partition coefficient (Wildman–Crippen LogP) is 3.61. The smallest absolute Gasteiger partial charge is 0.230 e. The lowest BCUT2D eigenvalue weighted by Crippen LogP contribution is -2.33. The van der Waals surface area contributed by atoms with Crippen molar-refractivity contribution in [1.82, 2.24) is 5.32 Å². The predicted molar refractivity (Wildman–Crippen MR) is 91.3 cm³/mol. The molecule has 21 heavy (non-hydrogen) atoms. The Labute approximate surface area is 139 Å². The fourth-order valence-electron chi connectivity index (χ4n) is 1.68. The number of hydrogen-bond acceptors (Lipinski definition) is 4. The number of hydrogen-bond donors (Lipinski definition) is 1. The quantitative estimate of drug-likeness (QED) is 0.753. The van der Waals surface area contributed by atoms with Gasteiger partial charge < -0.3 is 14.8 Å². The Morgan fingerprint density at radius 1 is 1.33 bits per heavy atom. The molecule has 0 bridgehead atoms. The Morgan fingerprint density at radius 3 is 2.52 bits per heavy atom. The van der Waals surface area contributed by atoms with E-state index in [0.29, 0.717) is 17.3 Å². The Hall–Kier alpha value is -0.880. The van der Waals surface area contributed by atoms with Gasteiger partial charge in [0.15, 0.2) is 11.5 Å². The zero-order chi connectivity index (χ0) is 15.8. The summed E-state index contributed by atoms with van der Waals surface area (Å²) in [4.78, 5) is 11.7. The van der Waals surface area contributed by atoms with Crippen molar-refractivity contribution in [3.63, 3.8) is 0 Å². The highest BCUT2D eigenvalue weighted by Gasteiger charge is 2.11. The third kappa shape index (κ3) is 5.79. The molecule has 1 atom stereocenters. The van der Waals surface area contributed by atoms with Crippen LogP contribution in [0.1, 0.15) is 25.8 Å². The van der Waals surface area contributed by atoms with E-state index in [1.807, 2.05) is 19.1 Å². The zero-order valence-corrected chi connectivity index (χ0v) is 15.3. The van der Waals surface area contributed by atoms with Crippen LogP contribution in [0.25, 0.3) is 0 Å². The molecule has 1 aromatic rings. The molecule has 118 valence electrons. The number of rotatable bonds is 8. The minimum atomic E-state index is 0.0750. The zero-order valence-electron chi connectivity index (χ0n) is 12.9. The number of carbonyl (C=O) groups is 1. The topological polar surface area (TPSA) is 47.6 Å². The van der Waals surface area contributed by atoms with Gasteiger partial charge in [-0.15, -0.1) is 11.8 Å². The van der Waals surface area contributed by atoms with E-state index >= 15 is 0 Å². The number of methoxy groups -OCH3 is 2. The summed E-state index contributed by atoms with van der Waals surface area (Å²) in [6, 6.07) is 4.04. The van der Waals surface area contributed by atoms with E-state index in [9.17, 15) is 4.79 Å². The maximum absolute atomic E-state index is 11.7. The maximum Gasteiger partial charge on any atom is 0.230 e. The molecule has 0 aromatic heterocycles. The van der Waals surface area contributed by atoms with E-state index in [2.05, 4.69) is 28.2 Å². The monoisotopic (exact) mass is 375 g/mol. The summed E-state index contributed by atoms with van der Waals surface area (Å²) in [6.07, 6.45) is 0.942. The number of nitrogens with one attached hydrogen (secondary N) is 1. The second-order valence-electron chi connectivity index (χ2n) is 4.67. The van der Waals surface area contributed by atoms with E-state index in [0.717, 1.165) is 22.2 Å². The van der Waals surface area contributed by atoms with Gasteiger partial charge >= 0.3 is 0 Å². The lowest BCUT2D eigenvalue weighted by Gasteiger charge is -2.13. The first-order valence-electron chi connectivity index (χ1n) is 6.79. The lowest BCUT2D eigenvalue weighted by atomic mass is 10.2. The van der Waals surface area contributed by atoms with Crippen molar-refractivity contribution in [1.29, 1.82) is 0 Å². The average Bonchev–Trinajstić information content (AvgIpc) is 2.48. The minimum Gasteiger partial charge on any atom is -0.493 e. The molecule has 0 saturated carbocycles. The fraction of sp³-hybridized carbons (Fsp3) is 0.533. The fourth-order valence-corrected chi connectivity index (χ4v) is 3.16. The van der Waals surface area contributed by atoms with E-state index in [4.69, 9.17) is 9.47 Å². The van der Waals surface area contributed by atoms with E-state index in [1.54, 1.807) is 26.0 Å². The van der Waals surface area contributed by atoms with Crippen LogP contribution in [0.3, 0.4) is 0 Å². The van der Waals surface area contributed by atoms with Gasteiger partial charge in [-0.25, -0.2) is 0 Å². The van der Waals surface area contributed by atoms with Crippen molar-refractivity contribution in [2.75, 3.05) is 20.0 Å². The molecule has 0 radical (unpaired) electrons. The highest BCUT2D eigenvalue weighted by Crippen LogP contribution is 2.34. The van der Waals surface area contributed by atoms with E-state index < -0.39 is 0 Å². The van der Waals surface area contributed by atoms with Crippen molar-refractivity contribution in [2.45, 2.75) is 32.1 Å². The largest absolute Gasteiger partial charge is 0.493 e. The Bertz CT molecular complexity index is 482. The summed E-state index contributed by atoms with van der Waals surface area (Å²) in [5.41, 5.74) is 1.08. The van der Waals surface area contributed by atoms with Crippen LogP contribution in [0.15, 0.2) is 16.6 Å². The first kappa shape index (κ1) is 18.2. The molecule has 0 aliphatic carbocycles. The number of thioether (sulfide) groups is 1. The third-order valence-electron chi connectivity index (χ3n) is 3.06. The Balaban J connectivity index is 2.57. The van der Waals surface area contributed by atoms with Crippen LogP contribution in [0.4, 0.5) is 0 Å². The molecule has 0 aliphatic heterocycles. The molecule has 6 heteroatoms. The summed E-state index contributed by atoms with van der Waals surface area (Å²) >= 11 is 5.10. The van der Waals surface area contributed by atoms with Gasteiger partial charge in [0.1, 0.15) is 0 Å². The van der Waals surface area contributed by atoms with Crippen molar-refractivity contribution >= 4 is 33.6 Å². The molecular formula is C15H22BrNO3S. The van der Waals surface area contributed by atoms with Crippen LogP contribution in [-0.2, 0) is 10.5 Å². The number of carbonyl (C=O) groups excluding carboxylic acids is 1. The molecule has 0 fully saturated rings. The van der Waals surface area contributed by atoms with Crippen LogP contribution in [0, 0.1) is 0 Å². The van der Waals surface area contributed by atoms with Crippen molar-refractivity contribution < 1.29 is 14.3 Å². The van der Waals surface area contributed by atoms with Crippen LogP contribution in [0.2, 0.25) is 0 Å². The van der Waals surface area contributed by atoms with Gasteiger partial charge in [-0.3, -0.25) is 4.79 Å². The lowest BCUT2D eigenvalue weighted by molar-refractivity contribution is -0.119. The number of halogens is 1. The number of amides is 1. The standard InChI is InChI=1S/C15H22BrNO3S/c1-5-10(2)17-15(18)9-21-8-11-6-13(19-3)14(20-4)7-12(11)16/h6-7,10H,5,8-9H2,1-4H3,(H,17,18)/t10-/m0/s1. The molecule has 0 saturated heterocycles. The van der Waals surface area contributed by atoms with E-state index in [1.165, 1.54) is 0 Å². The molecule has 4 nitrogen and oxygen atoms in total. The van der Waals surface area contributed by atoms with E-state index in [-0.39, 0.29) is 11.9 Å². The second-order valence-corrected chi connectivity index (χ2v) is 6.51. The summed E-state index contributed by atoms with van der Waals surface area (Å²) in [7, 11) is 3.22. The van der Waals surface area contributed by atoms with Gasteiger partial charge in [-0.2, -0.15) is 0 Å². The van der Waals surface area contributed by atoms with Crippen LogP contribution in [0.5, 0.6) is 11.5 Å². The molecule has 1 aromatic carbocycles. The first-order valence-corrected chi connectivity index (χ1v) is 8.74. The summed E-state index contributed by atoms with van der Waals surface area (Å²) in [6.45, 7) is 4.06. The van der Waals surface area contributed by atoms with Gasteiger partial charge in [0.25, 0.3) is 0 Å². The molecular weight excluding hydrogens is 354 g/mol. The molecule has 1 N–H and O–H groups in total. The highest BCUT2D eigenvalue weighted by atomic mass is 79.9. The molecule has 1 rings (SSSR count). The number of ether oxygens (including phenoxy) is 2. The molecule has 0 aliphatic rings. The van der Waals surface area contributed by atoms with Crippen LogP contribution < -0.4 is 14.8 Å². The average molecular weight is 376 g/mol. The Morgan fingerprint density at radius 2 is 1.95 bits per heavy atom. The van der Waals surface area contributed by atoms with Crippen molar-refractivity contribution in [3.8, 4) is 11.5 Å². The van der Waals surface area contributed by atoms with Crippen LogP contribution in [-0.4, -0.2) is 31.9 Å². The van der Waals surface area contributed by atoms with Gasteiger partial charge in [0, 0.05) is 16.3 Å². The molecule has 0 spiro atoms. The van der Waals surface area contributed by atoms with Crippen LogP contribution >= 0.6 is 27.7 Å². The van der Waals surface area contributed by atoms with Crippen molar-refractivity contribution in [3.05, 3.63) is 22.2 Å². The van der Waals surface area contributed by atoms with Gasteiger partial charge in [0.2, 0.25) is 5.91 Å². The molecule has 0 heterocycles. The number of benzene rings is 1. The minimum absolute atomic E-state index is 0.0750. The molecule has 0 unspecified atom stereocenters. The Kier molecular flexibility index (Phi) is 7.96. The maximum atomic E-state index is 11.7. The van der Waals surface area contributed by atoms with Crippen molar-refractivity contribution in [2.24, 2.45) is 0 Å². The van der Waals surface area contributed by atoms with Gasteiger partial charge in [-0.1, -0.05) is 22.9 Å². The SMILES string of the molecule is CC[C@H](C)NC(=O)CSCc1cc(OC)c(OC)cc1Br. The second kappa shape index (κ2) is 9.20.